The van der Waals surface area contributed by atoms with Crippen LogP contribution in [0.5, 0.6) is 0 Å². The van der Waals surface area contributed by atoms with E-state index in [9.17, 15) is 9.59 Å². The summed E-state index contributed by atoms with van der Waals surface area (Å²) in [5, 5.41) is 10.8. The molecule has 1 aliphatic rings. The van der Waals surface area contributed by atoms with Crippen molar-refractivity contribution in [3.63, 3.8) is 0 Å². The molecule has 5 rings (SSSR count). The van der Waals surface area contributed by atoms with Crippen LogP contribution < -0.4 is 5.32 Å². The number of hydrogen-bond donors (Lipinski definition) is 1. The minimum absolute atomic E-state index is 0.171. The topological polar surface area (TPSA) is 95.3 Å². The fraction of sp³-hybridized carbons (Fsp3) is 0.214. The molecule has 1 amide bonds. The van der Waals surface area contributed by atoms with Gasteiger partial charge in [-0.25, -0.2) is 4.79 Å². The highest BCUT2D eigenvalue weighted by Crippen LogP contribution is 2.49. The molecule has 1 heterocycles. The third-order valence-electron chi connectivity index (χ3n) is 6.54. The summed E-state index contributed by atoms with van der Waals surface area (Å²) in [4.78, 5) is 24.6. The number of carbonyl (C=O) groups is 2. The van der Waals surface area contributed by atoms with Crippen LogP contribution in [-0.4, -0.2) is 34.2 Å². The Balaban J connectivity index is 1.27. The first-order chi connectivity index (χ1) is 17.5. The SMILES string of the molecule is COC(=O)C1(c2ccc(-c3ccc(-n4nncc4NC(=O)O[C@H](C)c4ccccc4)cc3)cc2)CC1. The van der Waals surface area contributed by atoms with Crippen molar-refractivity contribution in [2.75, 3.05) is 12.4 Å². The third kappa shape index (κ3) is 4.57. The number of benzene rings is 3. The van der Waals surface area contributed by atoms with E-state index in [0.29, 0.717) is 5.82 Å². The molecule has 8 nitrogen and oxygen atoms in total. The van der Waals surface area contributed by atoms with Crippen LogP contribution in [0.4, 0.5) is 10.6 Å². The lowest BCUT2D eigenvalue weighted by Gasteiger charge is -2.15. The van der Waals surface area contributed by atoms with Gasteiger partial charge in [0.1, 0.15) is 6.10 Å². The summed E-state index contributed by atoms with van der Waals surface area (Å²) in [5.41, 5.74) is 4.19. The molecule has 1 fully saturated rings. The predicted molar refractivity (Wildman–Crippen MR) is 135 cm³/mol. The molecule has 0 unspecified atom stereocenters. The number of nitrogens with one attached hydrogen (secondary N) is 1. The number of anilines is 1. The number of nitrogens with zero attached hydrogens (tertiary/aromatic N) is 3. The number of methoxy groups -OCH3 is 1. The summed E-state index contributed by atoms with van der Waals surface area (Å²) >= 11 is 0. The Morgan fingerprint density at radius 2 is 1.58 bits per heavy atom. The van der Waals surface area contributed by atoms with Crippen molar-refractivity contribution < 1.29 is 19.1 Å². The van der Waals surface area contributed by atoms with Crippen molar-refractivity contribution >= 4 is 17.9 Å². The van der Waals surface area contributed by atoms with Crippen LogP contribution in [0.15, 0.2) is 85.1 Å². The van der Waals surface area contributed by atoms with Gasteiger partial charge in [-0.05, 0) is 54.2 Å². The fourth-order valence-corrected chi connectivity index (χ4v) is 4.31. The first-order valence-electron chi connectivity index (χ1n) is 11.7. The van der Waals surface area contributed by atoms with Gasteiger partial charge in [-0.1, -0.05) is 71.9 Å². The highest BCUT2D eigenvalue weighted by atomic mass is 16.6. The molecule has 182 valence electrons. The minimum Gasteiger partial charge on any atom is -0.468 e. The number of esters is 1. The number of rotatable bonds is 7. The van der Waals surface area contributed by atoms with Crippen LogP contribution in [0.2, 0.25) is 0 Å². The maximum atomic E-state index is 12.4. The van der Waals surface area contributed by atoms with E-state index in [0.717, 1.165) is 40.8 Å². The van der Waals surface area contributed by atoms with Crippen molar-refractivity contribution in [3.05, 3.63) is 96.2 Å². The normalized spacial score (nSPS) is 14.5. The summed E-state index contributed by atoms with van der Waals surface area (Å²) in [6, 6.07) is 25.3. The summed E-state index contributed by atoms with van der Waals surface area (Å²) in [6.07, 6.45) is 2.12. The zero-order valence-electron chi connectivity index (χ0n) is 20.0. The van der Waals surface area contributed by atoms with Crippen molar-refractivity contribution in [2.45, 2.75) is 31.3 Å². The van der Waals surface area contributed by atoms with Gasteiger partial charge in [0, 0.05) is 0 Å². The van der Waals surface area contributed by atoms with Gasteiger partial charge in [0.25, 0.3) is 0 Å². The van der Waals surface area contributed by atoms with Crippen LogP contribution in [0.1, 0.15) is 37.0 Å². The Bertz CT molecular complexity index is 1360. The quantitative estimate of drug-likeness (QED) is 0.352. The predicted octanol–water partition coefficient (Wildman–Crippen LogP) is 5.45. The van der Waals surface area contributed by atoms with Crippen LogP contribution >= 0.6 is 0 Å². The molecule has 0 bridgehead atoms. The molecule has 1 aliphatic carbocycles. The van der Waals surface area contributed by atoms with E-state index in [1.165, 1.54) is 18.0 Å². The number of aromatic nitrogens is 3. The Labute approximate surface area is 208 Å². The van der Waals surface area contributed by atoms with Crippen molar-refractivity contribution in [2.24, 2.45) is 0 Å². The zero-order valence-corrected chi connectivity index (χ0v) is 20.0. The number of carbonyl (C=O) groups excluding carboxylic acids is 2. The molecule has 36 heavy (non-hydrogen) atoms. The van der Waals surface area contributed by atoms with Gasteiger partial charge in [-0.3, -0.25) is 10.1 Å². The molecule has 8 heteroatoms. The van der Waals surface area contributed by atoms with Crippen molar-refractivity contribution in [1.82, 2.24) is 15.0 Å². The Morgan fingerprint density at radius 3 is 2.19 bits per heavy atom. The summed E-state index contributed by atoms with van der Waals surface area (Å²) in [5.74, 6) is 0.227. The van der Waals surface area contributed by atoms with E-state index in [4.69, 9.17) is 9.47 Å². The van der Waals surface area contributed by atoms with E-state index >= 15 is 0 Å². The summed E-state index contributed by atoms with van der Waals surface area (Å²) in [6.45, 7) is 1.82. The van der Waals surface area contributed by atoms with Crippen LogP contribution in [0.25, 0.3) is 16.8 Å². The molecule has 0 saturated heterocycles. The molecule has 4 aromatic rings. The standard InChI is InChI=1S/C28H26N4O4/c1-19(20-6-4-3-5-7-20)36-27(34)30-25-18-29-31-32(25)24-14-10-22(11-15-24)21-8-12-23(13-9-21)28(16-17-28)26(33)35-2/h3-15,18-19H,16-17H2,1-2H3,(H,30,34)/t19-/m1/s1. The summed E-state index contributed by atoms with van der Waals surface area (Å²) in [7, 11) is 1.43. The lowest BCUT2D eigenvalue weighted by molar-refractivity contribution is -0.143. The largest absolute Gasteiger partial charge is 0.468 e. The maximum absolute atomic E-state index is 12.4. The molecule has 1 aromatic heterocycles. The van der Waals surface area contributed by atoms with E-state index in [-0.39, 0.29) is 5.97 Å². The molecule has 0 spiro atoms. The average Bonchev–Trinajstić information content (AvgIpc) is 3.61. The Kier molecular flexibility index (Phi) is 6.25. The number of hydrogen-bond acceptors (Lipinski definition) is 6. The van der Waals surface area contributed by atoms with Gasteiger partial charge in [-0.15, -0.1) is 5.10 Å². The highest BCUT2D eigenvalue weighted by Gasteiger charge is 2.52. The molecule has 1 atom stereocenters. The second-order valence-electron chi connectivity index (χ2n) is 8.81. The minimum atomic E-state index is -0.591. The van der Waals surface area contributed by atoms with Gasteiger partial charge in [-0.2, -0.15) is 4.68 Å². The van der Waals surface area contributed by atoms with E-state index in [1.54, 1.807) is 0 Å². The zero-order chi connectivity index (χ0) is 25.1. The molecule has 1 N–H and O–H groups in total. The first-order valence-corrected chi connectivity index (χ1v) is 11.7. The highest BCUT2D eigenvalue weighted by molar-refractivity contribution is 5.87. The second-order valence-corrected chi connectivity index (χ2v) is 8.81. The van der Waals surface area contributed by atoms with Crippen LogP contribution in [0.3, 0.4) is 0 Å². The third-order valence-corrected chi connectivity index (χ3v) is 6.54. The van der Waals surface area contributed by atoms with Crippen LogP contribution in [-0.2, 0) is 19.7 Å². The van der Waals surface area contributed by atoms with Gasteiger partial charge in [0.15, 0.2) is 5.82 Å². The molecular formula is C28H26N4O4. The fourth-order valence-electron chi connectivity index (χ4n) is 4.31. The molecule has 0 aliphatic heterocycles. The summed E-state index contributed by atoms with van der Waals surface area (Å²) < 4.78 is 12.0. The van der Waals surface area contributed by atoms with Crippen LogP contribution in [0, 0.1) is 0 Å². The Morgan fingerprint density at radius 1 is 0.944 bits per heavy atom. The van der Waals surface area contributed by atoms with E-state index < -0.39 is 17.6 Å². The molecule has 1 saturated carbocycles. The maximum Gasteiger partial charge on any atom is 0.413 e. The molecule has 0 radical (unpaired) electrons. The molecule has 3 aromatic carbocycles. The monoisotopic (exact) mass is 482 g/mol. The van der Waals surface area contributed by atoms with Gasteiger partial charge >= 0.3 is 12.1 Å². The average molecular weight is 483 g/mol. The lowest BCUT2D eigenvalue weighted by atomic mass is 9.94. The van der Waals surface area contributed by atoms with Gasteiger partial charge < -0.3 is 9.47 Å². The van der Waals surface area contributed by atoms with E-state index in [2.05, 4.69) is 15.6 Å². The van der Waals surface area contributed by atoms with Gasteiger partial charge in [0.2, 0.25) is 0 Å². The van der Waals surface area contributed by atoms with Crippen molar-refractivity contribution in [3.8, 4) is 16.8 Å². The van der Waals surface area contributed by atoms with E-state index in [1.807, 2.05) is 85.8 Å². The number of amides is 1. The van der Waals surface area contributed by atoms with Gasteiger partial charge in [0.05, 0.1) is 24.4 Å². The smallest absolute Gasteiger partial charge is 0.413 e. The second kappa shape index (κ2) is 9.65. The Hall–Kier alpha value is -4.46. The molecular weight excluding hydrogens is 456 g/mol. The van der Waals surface area contributed by atoms with Crippen molar-refractivity contribution in [1.29, 1.82) is 0 Å². The first kappa shape index (κ1) is 23.3. The number of ether oxygens (including phenoxy) is 2. The lowest BCUT2D eigenvalue weighted by Crippen LogP contribution is -2.21.